The van der Waals surface area contributed by atoms with E-state index in [4.69, 9.17) is 28.4 Å². The van der Waals surface area contributed by atoms with Crippen molar-refractivity contribution in [2.75, 3.05) is 46.8 Å². The summed E-state index contributed by atoms with van der Waals surface area (Å²) >= 11 is 0. The molecule has 0 aromatic heterocycles. The van der Waals surface area contributed by atoms with Crippen molar-refractivity contribution in [2.24, 2.45) is 11.8 Å². The predicted octanol–water partition coefficient (Wildman–Crippen LogP) is 6.61. The molecule has 0 aliphatic carbocycles. The number of carbonyl (C=O) groups excluding carboxylic acids is 4. The standard InChI is InChI=1S/C46H48N2O10/c1-53-45(51)33-14-16-35-24-48(44(50)38-13-7-19-55-27-38)40(29-57-41(35)21-33)32-11-5-8-30(20-32)25-58-46(52)34-15-17-36-23-47(43(49)37-12-6-18-54-26-37)39(28-56-42(36)22-34)31-9-3-2-4-10-31/h2-5,8-11,14-17,20-22,37-40H,6-7,12-13,18-19,23-29H2,1H3/t37-,38+,39+,40+/m0/s1. The molecule has 0 unspecified atom stereocenters. The third kappa shape index (κ3) is 8.58. The van der Waals surface area contributed by atoms with Gasteiger partial charge in [0.2, 0.25) is 11.8 Å². The highest BCUT2D eigenvalue weighted by molar-refractivity contribution is 5.90. The fourth-order valence-corrected chi connectivity index (χ4v) is 8.27. The number of carbonyl (C=O) groups is 4. The van der Waals surface area contributed by atoms with Gasteiger partial charge >= 0.3 is 11.9 Å². The highest BCUT2D eigenvalue weighted by Crippen LogP contribution is 2.37. The average Bonchev–Trinajstić information content (AvgIpc) is 3.60. The maximum atomic E-state index is 14.1. The van der Waals surface area contributed by atoms with Gasteiger partial charge in [-0.1, -0.05) is 66.7 Å². The Labute approximate surface area is 337 Å². The lowest BCUT2D eigenvalue weighted by Crippen LogP contribution is -2.42. The second-order valence-electron chi connectivity index (χ2n) is 15.3. The van der Waals surface area contributed by atoms with E-state index in [0.29, 0.717) is 55.6 Å². The molecule has 2 amide bonds. The van der Waals surface area contributed by atoms with Crippen LogP contribution in [0.3, 0.4) is 0 Å². The van der Waals surface area contributed by atoms with Gasteiger partial charge in [-0.15, -0.1) is 0 Å². The van der Waals surface area contributed by atoms with Crippen LogP contribution in [0.15, 0.2) is 91.0 Å². The van der Waals surface area contributed by atoms with E-state index in [0.717, 1.165) is 53.5 Å². The topological polar surface area (TPSA) is 130 Å². The molecule has 0 spiro atoms. The van der Waals surface area contributed by atoms with Crippen LogP contribution in [0.1, 0.15) is 86.3 Å². The van der Waals surface area contributed by atoms with Crippen molar-refractivity contribution in [1.82, 2.24) is 9.80 Å². The number of amides is 2. The van der Waals surface area contributed by atoms with Gasteiger partial charge in [-0.3, -0.25) is 9.59 Å². The number of ether oxygens (including phenoxy) is 6. The van der Waals surface area contributed by atoms with Gasteiger partial charge in [0.25, 0.3) is 0 Å². The quantitative estimate of drug-likeness (QED) is 0.180. The summed E-state index contributed by atoms with van der Waals surface area (Å²) in [6.07, 6.45) is 3.18. The van der Waals surface area contributed by atoms with Crippen LogP contribution in [-0.2, 0) is 48.2 Å². The molecule has 4 aromatic carbocycles. The minimum absolute atomic E-state index is 0.00681. The monoisotopic (exact) mass is 788 g/mol. The molecule has 12 heteroatoms. The highest BCUT2D eigenvalue weighted by Gasteiger charge is 2.37. The van der Waals surface area contributed by atoms with Crippen LogP contribution in [0.4, 0.5) is 0 Å². The Balaban J connectivity index is 0.985. The lowest BCUT2D eigenvalue weighted by molar-refractivity contribution is -0.144. The van der Waals surface area contributed by atoms with E-state index >= 15 is 0 Å². The lowest BCUT2D eigenvalue weighted by Gasteiger charge is -2.34. The van der Waals surface area contributed by atoms with Gasteiger partial charge in [0.15, 0.2) is 0 Å². The number of esters is 2. The van der Waals surface area contributed by atoms with Gasteiger partial charge < -0.3 is 38.2 Å². The molecule has 4 atom stereocenters. The number of rotatable bonds is 8. The summed E-state index contributed by atoms with van der Waals surface area (Å²) in [7, 11) is 1.33. The van der Waals surface area contributed by atoms with E-state index in [2.05, 4.69) is 0 Å². The van der Waals surface area contributed by atoms with Crippen LogP contribution >= 0.6 is 0 Å². The SMILES string of the molecule is COC(=O)c1ccc2c(c1)OC[C@H](c1cccc(COC(=O)c3ccc4c(c3)OC[C@H](c3ccccc3)N(C(=O)[C@H]3CCCOC3)C4)c1)N(C(=O)[C@@H]1CCCOC1)C2. The van der Waals surface area contributed by atoms with E-state index in [9.17, 15) is 19.2 Å². The highest BCUT2D eigenvalue weighted by atomic mass is 16.5. The van der Waals surface area contributed by atoms with Crippen LogP contribution < -0.4 is 9.47 Å². The fraction of sp³-hybridized carbons (Fsp3) is 0.391. The van der Waals surface area contributed by atoms with Gasteiger partial charge in [0.05, 0.1) is 68.5 Å². The van der Waals surface area contributed by atoms with Gasteiger partial charge in [-0.25, -0.2) is 9.59 Å². The molecule has 2 saturated heterocycles. The third-order valence-corrected chi connectivity index (χ3v) is 11.5. The summed E-state index contributed by atoms with van der Waals surface area (Å²) in [4.78, 5) is 57.6. The second-order valence-corrected chi connectivity index (χ2v) is 15.3. The maximum Gasteiger partial charge on any atom is 0.338 e. The van der Waals surface area contributed by atoms with Crippen molar-refractivity contribution in [2.45, 2.75) is 57.5 Å². The Morgan fingerprint density at radius 3 is 1.72 bits per heavy atom. The zero-order valence-corrected chi connectivity index (χ0v) is 32.6. The molecule has 0 saturated carbocycles. The van der Waals surface area contributed by atoms with Crippen molar-refractivity contribution >= 4 is 23.8 Å². The first-order chi connectivity index (χ1) is 28.4. The fourth-order valence-electron chi connectivity index (χ4n) is 8.27. The van der Waals surface area contributed by atoms with Crippen molar-refractivity contribution in [3.05, 3.63) is 130 Å². The van der Waals surface area contributed by atoms with E-state index in [1.54, 1.807) is 30.3 Å². The first kappa shape index (κ1) is 39.1. The number of methoxy groups -OCH3 is 1. The van der Waals surface area contributed by atoms with Gasteiger partial charge in [-0.05, 0) is 66.6 Å². The molecule has 4 aliphatic heterocycles. The Kier molecular flexibility index (Phi) is 12.0. The predicted molar refractivity (Wildman–Crippen MR) is 211 cm³/mol. The molecule has 4 heterocycles. The molecule has 4 aromatic rings. The summed E-state index contributed by atoms with van der Waals surface area (Å²) in [6, 6.07) is 27.1. The van der Waals surface area contributed by atoms with Gasteiger partial charge in [-0.2, -0.15) is 0 Å². The van der Waals surface area contributed by atoms with Crippen LogP contribution in [0.2, 0.25) is 0 Å². The Morgan fingerprint density at radius 1 is 0.621 bits per heavy atom. The number of nitrogens with zero attached hydrogens (tertiary/aromatic N) is 2. The molecule has 12 nitrogen and oxygen atoms in total. The smallest absolute Gasteiger partial charge is 0.338 e. The molecular formula is C46H48N2O10. The Morgan fingerprint density at radius 2 is 1.17 bits per heavy atom. The number of hydrogen-bond donors (Lipinski definition) is 0. The molecule has 4 aliphatic rings. The molecule has 58 heavy (non-hydrogen) atoms. The van der Waals surface area contributed by atoms with Crippen LogP contribution in [0.5, 0.6) is 11.5 Å². The zero-order chi connectivity index (χ0) is 40.0. The summed E-state index contributed by atoms with van der Waals surface area (Å²) in [5.41, 5.74) is 4.83. The molecule has 2 fully saturated rings. The normalized spacial score (nSPS) is 21.8. The number of benzene rings is 4. The minimum atomic E-state index is -0.517. The van der Waals surface area contributed by atoms with Crippen molar-refractivity contribution in [1.29, 1.82) is 0 Å². The summed E-state index contributed by atoms with van der Waals surface area (Å²) in [5.74, 6) is -0.403. The van der Waals surface area contributed by atoms with Crippen LogP contribution in [-0.4, -0.2) is 80.3 Å². The first-order valence-electron chi connectivity index (χ1n) is 20.0. The zero-order valence-electron chi connectivity index (χ0n) is 32.6. The summed E-state index contributed by atoms with van der Waals surface area (Å²) in [6.45, 7) is 3.07. The summed E-state index contributed by atoms with van der Waals surface area (Å²) in [5, 5.41) is 0. The van der Waals surface area contributed by atoms with E-state index < -0.39 is 18.0 Å². The number of fused-ring (bicyclic) bond motifs is 2. The Bertz CT molecular complexity index is 2130. The minimum Gasteiger partial charge on any atom is -0.491 e. The molecule has 302 valence electrons. The first-order valence-corrected chi connectivity index (χ1v) is 20.0. The van der Waals surface area contributed by atoms with Crippen LogP contribution in [0, 0.1) is 11.8 Å². The second kappa shape index (κ2) is 17.8. The van der Waals surface area contributed by atoms with Gasteiger partial charge in [0.1, 0.15) is 31.3 Å². The number of hydrogen-bond acceptors (Lipinski definition) is 10. The largest absolute Gasteiger partial charge is 0.491 e. The molecule has 8 rings (SSSR count). The summed E-state index contributed by atoms with van der Waals surface area (Å²) < 4.78 is 34.8. The Hall–Kier alpha value is -5.72. The van der Waals surface area contributed by atoms with Crippen molar-refractivity contribution in [3.8, 4) is 11.5 Å². The van der Waals surface area contributed by atoms with Crippen LogP contribution in [0.25, 0.3) is 0 Å². The van der Waals surface area contributed by atoms with E-state index in [-0.39, 0.29) is 56.1 Å². The third-order valence-electron chi connectivity index (χ3n) is 11.5. The lowest BCUT2D eigenvalue weighted by atomic mass is 9.97. The average molecular weight is 789 g/mol. The van der Waals surface area contributed by atoms with Gasteiger partial charge in [0, 0.05) is 24.3 Å². The molecular weight excluding hydrogens is 741 g/mol. The van der Waals surface area contributed by atoms with E-state index in [1.165, 1.54) is 7.11 Å². The van der Waals surface area contributed by atoms with E-state index in [1.807, 2.05) is 70.5 Å². The maximum absolute atomic E-state index is 14.1. The van der Waals surface area contributed by atoms with Crippen molar-refractivity contribution in [3.63, 3.8) is 0 Å². The molecule has 0 N–H and O–H groups in total. The van der Waals surface area contributed by atoms with Crippen molar-refractivity contribution < 1.29 is 47.6 Å². The molecule has 0 bridgehead atoms. The molecule has 0 radical (unpaired) electrons.